The van der Waals surface area contributed by atoms with Gasteiger partial charge in [-0.3, -0.25) is 4.79 Å². The Bertz CT molecular complexity index is 1220. The highest BCUT2D eigenvalue weighted by molar-refractivity contribution is 6.30. The van der Waals surface area contributed by atoms with Crippen molar-refractivity contribution in [1.82, 2.24) is 4.57 Å². The Morgan fingerprint density at radius 2 is 1.83 bits per heavy atom. The first-order valence-corrected chi connectivity index (χ1v) is 9.74. The van der Waals surface area contributed by atoms with Crippen molar-refractivity contribution < 1.29 is 9.18 Å². The van der Waals surface area contributed by atoms with Crippen LogP contribution >= 0.6 is 11.6 Å². The maximum Gasteiger partial charge on any atom is 0.266 e. The number of hydrogen-bond donors (Lipinski definition) is 1. The number of halogens is 2. The van der Waals surface area contributed by atoms with E-state index in [-0.39, 0.29) is 10.6 Å². The van der Waals surface area contributed by atoms with Crippen molar-refractivity contribution >= 4 is 29.3 Å². The van der Waals surface area contributed by atoms with Crippen molar-refractivity contribution in [3.8, 4) is 11.8 Å². The molecule has 0 aliphatic carbocycles. The summed E-state index contributed by atoms with van der Waals surface area (Å²) >= 11 is 5.93. The normalized spacial score (nSPS) is 11.3. The molecule has 152 valence electrons. The van der Waals surface area contributed by atoms with Crippen LogP contribution in [0.1, 0.15) is 28.1 Å². The van der Waals surface area contributed by atoms with Crippen LogP contribution in [0.5, 0.6) is 0 Å². The van der Waals surface area contributed by atoms with E-state index in [4.69, 9.17) is 11.6 Å². The molecule has 1 N–H and O–H groups in total. The van der Waals surface area contributed by atoms with Crippen LogP contribution in [-0.4, -0.2) is 10.5 Å². The average Bonchev–Trinajstić information content (AvgIpc) is 2.98. The lowest BCUT2D eigenvalue weighted by atomic mass is 10.1. The van der Waals surface area contributed by atoms with Gasteiger partial charge in [-0.1, -0.05) is 17.7 Å². The molecule has 6 heteroatoms. The Labute approximate surface area is 180 Å². The Hall–Kier alpha value is -3.36. The highest BCUT2D eigenvalue weighted by Crippen LogP contribution is 2.26. The summed E-state index contributed by atoms with van der Waals surface area (Å²) in [5, 5.41) is 12.3. The average molecular weight is 422 g/mol. The SMILES string of the molecule is Cc1ccc(NC(=O)/C(C#N)=C\c2cc(C)n(-c3ccc(F)c(Cl)c3)c2C)cc1C. The molecule has 0 spiro atoms. The van der Waals surface area contributed by atoms with Gasteiger partial charge in [0.25, 0.3) is 5.91 Å². The quantitative estimate of drug-likeness (QED) is 0.411. The molecule has 0 radical (unpaired) electrons. The zero-order valence-electron chi connectivity index (χ0n) is 17.2. The van der Waals surface area contributed by atoms with E-state index in [0.717, 1.165) is 28.1 Å². The number of amides is 1. The van der Waals surface area contributed by atoms with E-state index in [1.54, 1.807) is 24.3 Å². The number of carbonyl (C=O) groups excluding carboxylic acids is 1. The lowest BCUT2D eigenvalue weighted by molar-refractivity contribution is -0.112. The lowest BCUT2D eigenvalue weighted by Crippen LogP contribution is -2.13. The third-order valence-corrected chi connectivity index (χ3v) is 5.35. The smallest absolute Gasteiger partial charge is 0.266 e. The Balaban J connectivity index is 1.94. The number of nitrogens with one attached hydrogen (secondary N) is 1. The fourth-order valence-electron chi connectivity index (χ4n) is 3.28. The third kappa shape index (κ3) is 4.29. The summed E-state index contributed by atoms with van der Waals surface area (Å²) in [4.78, 5) is 12.6. The number of hydrogen-bond acceptors (Lipinski definition) is 2. The minimum absolute atomic E-state index is 0.00869. The van der Waals surface area contributed by atoms with Gasteiger partial charge < -0.3 is 9.88 Å². The van der Waals surface area contributed by atoms with Crippen LogP contribution in [-0.2, 0) is 4.79 Å². The van der Waals surface area contributed by atoms with Gasteiger partial charge in [0.1, 0.15) is 17.5 Å². The second kappa shape index (κ2) is 8.56. The highest BCUT2D eigenvalue weighted by Gasteiger charge is 2.15. The predicted octanol–water partition coefficient (Wildman–Crippen LogP) is 6.05. The van der Waals surface area contributed by atoms with E-state index in [9.17, 15) is 14.4 Å². The van der Waals surface area contributed by atoms with Gasteiger partial charge in [0.2, 0.25) is 0 Å². The molecule has 0 bridgehead atoms. The standard InChI is InChI=1S/C24H21ClFN3O/c1-14-5-6-20(9-15(14)2)28-24(30)19(13-27)11-18-10-16(3)29(17(18)4)21-7-8-23(26)22(25)12-21/h5-12H,1-4H3,(H,28,30)/b19-11-. The van der Waals surface area contributed by atoms with Gasteiger partial charge in [-0.05, 0) is 86.9 Å². The zero-order valence-corrected chi connectivity index (χ0v) is 17.9. The van der Waals surface area contributed by atoms with Crippen molar-refractivity contribution in [3.63, 3.8) is 0 Å². The van der Waals surface area contributed by atoms with Gasteiger partial charge in [0.05, 0.1) is 5.02 Å². The molecule has 0 unspecified atom stereocenters. The highest BCUT2D eigenvalue weighted by atomic mass is 35.5. The van der Waals surface area contributed by atoms with Gasteiger partial charge in [-0.25, -0.2) is 4.39 Å². The van der Waals surface area contributed by atoms with E-state index >= 15 is 0 Å². The van der Waals surface area contributed by atoms with Crippen molar-refractivity contribution in [3.05, 3.63) is 87.0 Å². The van der Waals surface area contributed by atoms with Crippen LogP contribution in [0.3, 0.4) is 0 Å². The van der Waals surface area contributed by atoms with Gasteiger partial charge in [-0.2, -0.15) is 5.26 Å². The fraction of sp³-hybridized carbons (Fsp3) is 0.167. The number of nitrogens with zero attached hydrogens (tertiary/aromatic N) is 2. The summed E-state index contributed by atoms with van der Waals surface area (Å²) in [6, 6.07) is 13.9. The molecule has 0 aliphatic rings. The number of rotatable bonds is 4. The second-order valence-corrected chi connectivity index (χ2v) is 7.59. The molecule has 2 aromatic carbocycles. The zero-order chi connectivity index (χ0) is 22.0. The molecule has 1 aromatic heterocycles. The Morgan fingerprint density at radius 3 is 2.47 bits per heavy atom. The maximum absolute atomic E-state index is 13.5. The first-order valence-electron chi connectivity index (χ1n) is 9.36. The molecular formula is C24H21ClFN3O. The van der Waals surface area contributed by atoms with E-state index in [0.29, 0.717) is 11.4 Å². The van der Waals surface area contributed by atoms with Gasteiger partial charge >= 0.3 is 0 Å². The summed E-state index contributed by atoms with van der Waals surface area (Å²) in [6.07, 6.45) is 1.56. The molecule has 0 aliphatic heterocycles. The summed E-state index contributed by atoms with van der Waals surface area (Å²) in [7, 11) is 0. The fourth-order valence-corrected chi connectivity index (χ4v) is 3.45. The lowest BCUT2D eigenvalue weighted by Gasteiger charge is -2.10. The summed E-state index contributed by atoms with van der Waals surface area (Å²) in [6.45, 7) is 7.71. The monoisotopic (exact) mass is 421 g/mol. The number of aromatic nitrogens is 1. The molecule has 1 amide bonds. The maximum atomic E-state index is 13.5. The molecule has 0 saturated heterocycles. The van der Waals surface area contributed by atoms with Crippen molar-refractivity contribution in [2.75, 3.05) is 5.32 Å². The Kier molecular flexibility index (Phi) is 6.09. The topological polar surface area (TPSA) is 57.8 Å². The molecular weight excluding hydrogens is 401 g/mol. The first kappa shape index (κ1) is 21.4. The summed E-state index contributed by atoms with van der Waals surface area (Å²) < 4.78 is 15.4. The Morgan fingerprint density at radius 1 is 1.10 bits per heavy atom. The number of benzene rings is 2. The molecule has 1 heterocycles. The van der Waals surface area contributed by atoms with Crippen LogP contribution in [0.15, 0.2) is 48.0 Å². The third-order valence-electron chi connectivity index (χ3n) is 5.06. The van der Waals surface area contributed by atoms with E-state index in [2.05, 4.69) is 5.32 Å². The molecule has 4 nitrogen and oxygen atoms in total. The second-order valence-electron chi connectivity index (χ2n) is 7.18. The van der Waals surface area contributed by atoms with Crippen molar-refractivity contribution in [2.24, 2.45) is 0 Å². The molecule has 0 atom stereocenters. The minimum atomic E-state index is -0.488. The number of aryl methyl sites for hydroxylation is 3. The van der Waals surface area contributed by atoms with Gasteiger partial charge in [0.15, 0.2) is 0 Å². The van der Waals surface area contributed by atoms with Crippen molar-refractivity contribution in [2.45, 2.75) is 27.7 Å². The van der Waals surface area contributed by atoms with E-state index in [1.807, 2.05) is 56.5 Å². The molecule has 0 fully saturated rings. The molecule has 30 heavy (non-hydrogen) atoms. The van der Waals surface area contributed by atoms with Crippen LogP contribution in [0.4, 0.5) is 10.1 Å². The molecule has 3 aromatic rings. The first-order chi connectivity index (χ1) is 14.2. The van der Waals surface area contributed by atoms with E-state index in [1.165, 1.54) is 6.07 Å². The summed E-state index contributed by atoms with van der Waals surface area (Å²) in [5.74, 6) is -0.965. The molecule has 3 rings (SSSR count). The van der Waals surface area contributed by atoms with E-state index < -0.39 is 11.7 Å². The van der Waals surface area contributed by atoms with Crippen LogP contribution in [0, 0.1) is 44.8 Å². The minimum Gasteiger partial charge on any atom is -0.321 e. The largest absolute Gasteiger partial charge is 0.321 e. The predicted molar refractivity (Wildman–Crippen MR) is 118 cm³/mol. The van der Waals surface area contributed by atoms with Crippen LogP contribution in [0.2, 0.25) is 5.02 Å². The number of carbonyl (C=O) groups is 1. The van der Waals surface area contributed by atoms with Gasteiger partial charge in [0, 0.05) is 22.8 Å². The van der Waals surface area contributed by atoms with Crippen molar-refractivity contribution in [1.29, 1.82) is 5.26 Å². The molecule has 0 saturated carbocycles. The van der Waals surface area contributed by atoms with Gasteiger partial charge in [-0.15, -0.1) is 0 Å². The van der Waals surface area contributed by atoms with Crippen LogP contribution < -0.4 is 5.32 Å². The number of anilines is 1. The van der Waals surface area contributed by atoms with Crippen LogP contribution in [0.25, 0.3) is 11.8 Å². The summed E-state index contributed by atoms with van der Waals surface area (Å²) in [5.41, 5.74) is 5.90. The number of nitriles is 1.